The number of nitrogens with zero attached hydrogens (tertiary/aromatic N) is 3. The van der Waals surface area contributed by atoms with Gasteiger partial charge in [0, 0.05) is 12.6 Å². The molecule has 0 aliphatic rings. The molecule has 3 heteroatoms. The zero-order valence-corrected chi connectivity index (χ0v) is 9.82. The van der Waals surface area contributed by atoms with Crippen LogP contribution in [0.15, 0.2) is 6.20 Å². The van der Waals surface area contributed by atoms with Gasteiger partial charge in [-0.15, -0.1) is 0 Å². The fraction of sp³-hybridized carbons (Fsp3) is 0.667. The minimum Gasteiger partial charge on any atom is -0.318 e. The molecular weight excluding hydrogens is 186 g/mol. The van der Waals surface area contributed by atoms with Crippen molar-refractivity contribution in [2.45, 2.75) is 52.5 Å². The minimum atomic E-state index is -0.108. The Balaban J connectivity index is 2.86. The zero-order valence-electron chi connectivity index (χ0n) is 9.82. The zero-order chi connectivity index (χ0) is 11.3. The standard InChI is InChI=1S/C12H19N3/c1-4-6-7-11-9-15(10(3)8-13)12(5-2)14-11/h9-10H,4-7H2,1-3H3. The van der Waals surface area contributed by atoms with Crippen molar-refractivity contribution in [3.63, 3.8) is 0 Å². The predicted octanol–water partition coefficient (Wildman–Crippen LogP) is 2.87. The summed E-state index contributed by atoms with van der Waals surface area (Å²) in [4.78, 5) is 4.55. The summed E-state index contributed by atoms with van der Waals surface area (Å²) in [6.07, 6.45) is 6.29. The normalized spacial score (nSPS) is 12.4. The molecule has 0 amide bonds. The van der Waals surface area contributed by atoms with E-state index in [1.165, 1.54) is 12.8 Å². The van der Waals surface area contributed by atoms with E-state index in [0.29, 0.717) is 0 Å². The van der Waals surface area contributed by atoms with Crippen molar-refractivity contribution in [1.29, 1.82) is 5.26 Å². The minimum absolute atomic E-state index is 0.108. The molecule has 15 heavy (non-hydrogen) atoms. The average molecular weight is 205 g/mol. The Kier molecular flexibility index (Phi) is 4.36. The van der Waals surface area contributed by atoms with Gasteiger partial charge in [-0.1, -0.05) is 20.3 Å². The van der Waals surface area contributed by atoms with Crippen LogP contribution in [0, 0.1) is 11.3 Å². The van der Waals surface area contributed by atoms with Crippen molar-refractivity contribution in [3.8, 4) is 6.07 Å². The van der Waals surface area contributed by atoms with Crippen LogP contribution in [0.3, 0.4) is 0 Å². The second kappa shape index (κ2) is 5.55. The number of imidazole rings is 1. The first-order valence-corrected chi connectivity index (χ1v) is 5.69. The number of unbranched alkanes of at least 4 members (excludes halogenated alkanes) is 1. The van der Waals surface area contributed by atoms with Crippen molar-refractivity contribution in [3.05, 3.63) is 17.7 Å². The lowest BCUT2D eigenvalue weighted by molar-refractivity contribution is 0.634. The molecule has 3 nitrogen and oxygen atoms in total. The molecule has 1 rings (SSSR count). The van der Waals surface area contributed by atoms with Gasteiger partial charge in [0.05, 0.1) is 11.8 Å². The van der Waals surface area contributed by atoms with Crippen LogP contribution in [0.25, 0.3) is 0 Å². The van der Waals surface area contributed by atoms with Crippen LogP contribution >= 0.6 is 0 Å². The van der Waals surface area contributed by atoms with E-state index in [2.05, 4.69) is 24.9 Å². The maximum absolute atomic E-state index is 8.89. The molecule has 0 saturated heterocycles. The highest BCUT2D eigenvalue weighted by Crippen LogP contribution is 2.13. The van der Waals surface area contributed by atoms with Crippen LogP contribution in [0.4, 0.5) is 0 Å². The molecule has 0 N–H and O–H groups in total. The molecule has 1 atom stereocenters. The Morgan fingerprint density at radius 3 is 2.80 bits per heavy atom. The third-order valence-corrected chi connectivity index (χ3v) is 2.57. The van der Waals surface area contributed by atoms with Crippen molar-refractivity contribution in [2.75, 3.05) is 0 Å². The summed E-state index contributed by atoms with van der Waals surface area (Å²) >= 11 is 0. The van der Waals surface area contributed by atoms with Gasteiger partial charge in [0.2, 0.25) is 0 Å². The molecule has 82 valence electrons. The fourth-order valence-electron chi connectivity index (χ4n) is 1.62. The van der Waals surface area contributed by atoms with E-state index in [1.807, 2.05) is 17.7 Å². The first kappa shape index (κ1) is 11.8. The third kappa shape index (κ3) is 2.82. The number of hydrogen-bond acceptors (Lipinski definition) is 2. The maximum Gasteiger partial charge on any atom is 0.119 e. The lowest BCUT2D eigenvalue weighted by atomic mass is 10.2. The second-order valence-electron chi connectivity index (χ2n) is 3.82. The van der Waals surface area contributed by atoms with Crippen LogP contribution in [-0.2, 0) is 12.8 Å². The van der Waals surface area contributed by atoms with Crippen LogP contribution in [0.2, 0.25) is 0 Å². The quantitative estimate of drug-likeness (QED) is 0.741. The van der Waals surface area contributed by atoms with E-state index >= 15 is 0 Å². The van der Waals surface area contributed by atoms with Gasteiger partial charge in [-0.05, 0) is 19.8 Å². The SMILES string of the molecule is CCCCc1cn(C(C)C#N)c(CC)n1. The topological polar surface area (TPSA) is 41.6 Å². The summed E-state index contributed by atoms with van der Waals surface area (Å²) < 4.78 is 1.99. The van der Waals surface area contributed by atoms with E-state index in [1.54, 1.807) is 0 Å². The van der Waals surface area contributed by atoms with Gasteiger partial charge < -0.3 is 4.57 Å². The van der Waals surface area contributed by atoms with Crippen LogP contribution in [0.1, 0.15) is 51.2 Å². The van der Waals surface area contributed by atoms with E-state index in [-0.39, 0.29) is 6.04 Å². The Morgan fingerprint density at radius 2 is 2.27 bits per heavy atom. The van der Waals surface area contributed by atoms with Gasteiger partial charge in [0.1, 0.15) is 11.9 Å². The largest absolute Gasteiger partial charge is 0.318 e. The molecule has 0 radical (unpaired) electrons. The Hall–Kier alpha value is -1.30. The van der Waals surface area contributed by atoms with Crippen LogP contribution in [-0.4, -0.2) is 9.55 Å². The van der Waals surface area contributed by atoms with Gasteiger partial charge in [-0.2, -0.15) is 5.26 Å². The van der Waals surface area contributed by atoms with Crippen molar-refractivity contribution >= 4 is 0 Å². The second-order valence-corrected chi connectivity index (χ2v) is 3.82. The van der Waals surface area contributed by atoms with Gasteiger partial charge in [-0.25, -0.2) is 4.98 Å². The lowest BCUT2D eigenvalue weighted by Gasteiger charge is -2.06. The molecule has 1 heterocycles. The molecule has 0 aliphatic heterocycles. The van der Waals surface area contributed by atoms with Crippen LogP contribution in [0.5, 0.6) is 0 Å². The summed E-state index contributed by atoms with van der Waals surface area (Å²) in [5.41, 5.74) is 1.12. The number of aromatic nitrogens is 2. The number of aryl methyl sites for hydroxylation is 2. The van der Waals surface area contributed by atoms with Gasteiger partial charge in [0.25, 0.3) is 0 Å². The summed E-state index contributed by atoms with van der Waals surface area (Å²) in [5, 5.41) is 8.89. The van der Waals surface area contributed by atoms with Crippen molar-refractivity contribution < 1.29 is 0 Å². The third-order valence-electron chi connectivity index (χ3n) is 2.57. The molecular formula is C12H19N3. The molecule has 0 aromatic carbocycles. The smallest absolute Gasteiger partial charge is 0.119 e. The molecule has 1 unspecified atom stereocenters. The van der Waals surface area contributed by atoms with Crippen molar-refractivity contribution in [1.82, 2.24) is 9.55 Å². The lowest BCUT2D eigenvalue weighted by Crippen LogP contribution is -2.05. The number of nitriles is 1. The molecule has 0 saturated carbocycles. The van der Waals surface area contributed by atoms with E-state index in [4.69, 9.17) is 5.26 Å². The summed E-state index contributed by atoms with van der Waals surface area (Å²) in [5.74, 6) is 1.02. The molecule has 0 bridgehead atoms. The van der Waals surface area contributed by atoms with E-state index in [9.17, 15) is 0 Å². The van der Waals surface area contributed by atoms with Gasteiger partial charge in [0.15, 0.2) is 0 Å². The highest BCUT2D eigenvalue weighted by atomic mass is 15.1. The highest BCUT2D eigenvalue weighted by molar-refractivity contribution is 5.08. The Morgan fingerprint density at radius 1 is 1.53 bits per heavy atom. The van der Waals surface area contributed by atoms with Crippen LogP contribution < -0.4 is 0 Å². The number of rotatable bonds is 5. The van der Waals surface area contributed by atoms with E-state index in [0.717, 1.165) is 24.4 Å². The number of hydrogen-bond donors (Lipinski definition) is 0. The predicted molar refractivity (Wildman–Crippen MR) is 60.5 cm³/mol. The monoisotopic (exact) mass is 205 g/mol. The highest BCUT2D eigenvalue weighted by Gasteiger charge is 2.10. The summed E-state index contributed by atoms with van der Waals surface area (Å²) in [6, 6.07) is 2.14. The van der Waals surface area contributed by atoms with Crippen molar-refractivity contribution in [2.24, 2.45) is 0 Å². The van der Waals surface area contributed by atoms with Gasteiger partial charge >= 0.3 is 0 Å². The average Bonchev–Trinajstić information content (AvgIpc) is 2.68. The first-order chi connectivity index (χ1) is 7.22. The molecule has 1 aromatic rings. The Labute approximate surface area is 91.7 Å². The summed E-state index contributed by atoms with van der Waals surface area (Å²) in [6.45, 7) is 6.16. The Bertz CT molecular complexity index is 346. The molecule has 0 aliphatic carbocycles. The fourth-order valence-corrected chi connectivity index (χ4v) is 1.62. The molecule has 0 spiro atoms. The van der Waals surface area contributed by atoms with Gasteiger partial charge in [-0.3, -0.25) is 0 Å². The summed E-state index contributed by atoms with van der Waals surface area (Å²) in [7, 11) is 0. The van der Waals surface area contributed by atoms with E-state index < -0.39 is 0 Å². The first-order valence-electron chi connectivity index (χ1n) is 5.69. The molecule has 1 aromatic heterocycles. The molecule has 0 fully saturated rings. The maximum atomic E-state index is 8.89.